The Morgan fingerprint density at radius 1 is 1.18 bits per heavy atom. The number of aryl methyl sites for hydroxylation is 3. The van der Waals surface area contributed by atoms with Gasteiger partial charge < -0.3 is 19.4 Å². The second-order valence-corrected chi connectivity index (χ2v) is 10.0. The van der Waals surface area contributed by atoms with Gasteiger partial charge in [0.25, 0.3) is 0 Å². The van der Waals surface area contributed by atoms with Crippen LogP contribution in [-0.2, 0) is 45.1 Å². The molecule has 0 bridgehead atoms. The van der Waals surface area contributed by atoms with Gasteiger partial charge in [0.05, 0.1) is 18.3 Å². The summed E-state index contributed by atoms with van der Waals surface area (Å²) in [6.45, 7) is 3.81. The number of hydrogen-bond acceptors (Lipinski definition) is 4. The van der Waals surface area contributed by atoms with Crippen LogP contribution in [0.5, 0.6) is 0 Å². The summed E-state index contributed by atoms with van der Waals surface area (Å²) in [7, 11) is 1.72. The van der Waals surface area contributed by atoms with Crippen molar-refractivity contribution in [3.63, 3.8) is 0 Å². The van der Waals surface area contributed by atoms with E-state index >= 15 is 0 Å². The number of benzene rings is 2. The summed E-state index contributed by atoms with van der Waals surface area (Å²) in [5.41, 5.74) is 2.57. The Kier molecular flexibility index (Phi) is 10.7. The third kappa shape index (κ3) is 7.90. The van der Waals surface area contributed by atoms with Crippen LogP contribution in [0.15, 0.2) is 30.3 Å². The minimum absolute atomic E-state index is 0.199. The van der Waals surface area contributed by atoms with Gasteiger partial charge in [0.2, 0.25) is 6.41 Å². The molecule has 3 rings (SSSR count). The number of nitrogens with one attached hydrogen (secondary N) is 1. The fraction of sp³-hybridized carbons (Fsp3) is 0.429. The van der Waals surface area contributed by atoms with Crippen molar-refractivity contribution in [2.45, 2.75) is 51.8 Å². The molecule has 1 atom stereocenters. The molecule has 0 fully saturated rings. The summed E-state index contributed by atoms with van der Waals surface area (Å²) in [6.07, 6.45) is -2.32. The maximum Gasteiger partial charge on any atom is 0.416 e. The molecule has 2 aromatic carbocycles. The van der Waals surface area contributed by atoms with Gasteiger partial charge in [0, 0.05) is 46.7 Å². The standard InChI is InChI=1S/C28H31Cl2F3N2O4/c1-4-38-26(37)15-39-21(9-10-34-16-36)7-5-18-6-8-24(29)23(27(18)30)14-20-13-22-17(2)11-19(28(31,32)33)12-25(22)35(20)3/h6,8,11-13,16,21H,4-5,7,9-10,14-15H2,1-3H3,(H,34,36). The quantitative estimate of drug-likeness (QED) is 0.142. The first-order valence-electron chi connectivity index (χ1n) is 12.5. The monoisotopic (exact) mass is 586 g/mol. The lowest BCUT2D eigenvalue weighted by molar-refractivity contribution is -0.150. The van der Waals surface area contributed by atoms with E-state index in [1.165, 1.54) is 0 Å². The highest BCUT2D eigenvalue weighted by atomic mass is 35.5. The van der Waals surface area contributed by atoms with Gasteiger partial charge in [-0.3, -0.25) is 4.79 Å². The third-order valence-electron chi connectivity index (χ3n) is 6.59. The average molecular weight is 587 g/mol. The molecule has 1 unspecified atom stereocenters. The molecule has 0 radical (unpaired) electrons. The second-order valence-electron chi connectivity index (χ2n) is 9.23. The molecule has 11 heteroatoms. The second kappa shape index (κ2) is 13.5. The van der Waals surface area contributed by atoms with Crippen LogP contribution in [-0.4, -0.2) is 42.8 Å². The van der Waals surface area contributed by atoms with Gasteiger partial charge in [-0.1, -0.05) is 29.3 Å². The molecule has 0 saturated heterocycles. The highest BCUT2D eigenvalue weighted by Gasteiger charge is 2.31. The number of fused-ring (bicyclic) bond motifs is 1. The number of carbonyl (C=O) groups excluding carboxylic acids is 2. The molecule has 1 amide bonds. The summed E-state index contributed by atoms with van der Waals surface area (Å²) in [6, 6.07) is 7.74. The van der Waals surface area contributed by atoms with Crippen LogP contribution in [0, 0.1) is 6.92 Å². The number of ether oxygens (including phenoxy) is 2. The van der Waals surface area contributed by atoms with Gasteiger partial charge in [-0.25, -0.2) is 4.79 Å². The summed E-state index contributed by atoms with van der Waals surface area (Å²) in [5, 5.41) is 4.24. The minimum atomic E-state index is -4.44. The Bertz CT molecular complexity index is 1320. The van der Waals surface area contributed by atoms with Gasteiger partial charge in [-0.2, -0.15) is 13.2 Å². The molecule has 39 heavy (non-hydrogen) atoms. The highest BCUT2D eigenvalue weighted by Crippen LogP contribution is 2.36. The van der Waals surface area contributed by atoms with Crippen LogP contribution >= 0.6 is 23.2 Å². The van der Waals surface area contributed by atoms with Crippen LogP contribution in [0.25, 0.3) is 10.9 Å². The van der Waals surface area contributed by atoms with Gasteiger partial charge in [-0.15, -0.1) is 0 Å². The maximum absolute atomic E-state index is 13.4. The molecular formula is C28H31Cl2F3N2O4. The summed E-state index contributed by atoms with van der Waals surface area (Å²) < 4.78 is 52.5. The lowest BCUT2D eigenvalue weighted by atomic mass is 10.00. The van der Waals surface area contributed by atoms with Gasteiger partial charge in [-0.05, 0) is 74.1 Å². The fourth-order valence-corrected chi connectivity index (χ4v) is 5.10. The summed E-state index contributed by atoms with van der Waals surface area (Å²) in [4.78, 5) is 22.4. The van der Waals surface area contributed by atoms with E-state index in [-0.39, 0.29) is 19.3 Å². The molecule has 0 aliphatic rings. The van der Waals surface area contributed by atoms with Crippen molar-refractivity contribution in [3.8, 4) is 0 Å². The zero-order valence-electron chi connectivity index (χ0n) is 22.0. The molecular weight excluding hydrogens is 556 g/mol. The lowest BCUT2D eigenvalue weighted by Crippen LogP contribution is -2.25. The Labute approximate surface area is 235 Å². The van der Waals surface area contributed by atoms with E-state index in [0.717, 1.165) is 28.8 Å². The van der Waals surface area contributed by atoms with Gasteiger partial charge in [0.1, 0.15) is 6.61 Å². The molecule has 212 valence electrons. The zero-order chi connectivity index (χ0) is 28.7. The number of halogens is 5. The number of carbonyl (C=O) groups is 2. The molecule has 1 N–H and O–H groups in total. The predicted molar refractivity (Wildman–Crippen MR) is 145 cm³/mol. The Morgan fingerprint density at radius 3 is 2.59 bits per heavy atom. The SMILES string of the molecule is CCOC(=O)COC(CCNC=O)CCc1ccc(Cl)c(Cc2cc3c(C)cc(C(F)(F)F)cc3n2C)c1Cl. The predicted octanol–water partition coefficient (Wildman–Crippen LogP) is 6.42. The van der Waals surface area contributed by atoms with Crippen LogP contribution in [0.3, 0.4) is 0 Å². The molecule has 1 heterocycles. The minimum Gasteiger partial charge on any atom is -0.464 e. The van der Waals surface area contributed by atoms with Crippen LogP contribution in [0.1, 0.15) is 47.7 Å². The van der Waals surface area contributed by atoms with E-state index in [9.17, 15) is 22.8 Å². The molecule has 6 nitrogen and oxygen atoms in total. The molecule has 0 aliphatic carbocycles. The summed E-state index contributed by atoms with van der Waals surface area (Å²) >= 11 is 13.3. The van der Waals surface area contributed by atoms with E-state index in [1.54, 1.807) is 31.5 Å². The van der Waals surface area contributed by atoms with Crippen molar-refractivity contribution in [2.75, 3.05) is 19.8 Å². The van der Waals surface area contributed by atoms with Crippen LogP contribution < -0.4 is 5.32 Å². The first-order chi connectivity index (χ1) is 18.5. The van der Waals surface area contributed by atoms with Crippen molar-refractivity contribution in [1.29, 1.82) is 0 Å². The van der Waals surface area contributed by atoms with Crippen molar-refractivity contribution < 1.29 is 32.2 Å². The highest BCUT2D eigenvalue weighted by molar-refractivity contribution is 6.36. The largest absolute Gasteiger partial charge is 0.464 e. The third-order valence-corrected chi connectivity index (χ3v) is 7.42. The number of nitrogens with zero attached hydrogens (tertiary/aromatic N) is 1. The average Bonchev–Trinajstić information content (AvgIpc) is 3.19. The van der Waals surface area contributed by atoms with Crippen LogP contribution in [0.2, 0.25) is 10.0 Å². The van der Waals surface area contributed by atoms with Gasteiger partial charge in [0.15, 0.2) is 0 Å². The van der Waals surface area contributed by atoms with E-state index in [4.69, 9.17) is 32.7 Å². The van der Waals surface area contributed by atoms with Crippen molar-refractivity contribution in [1.82, 2.24) is 9.88 Å². The molecule has 3 aromatic rings. The number of esters is 1. The molecule has 0 saturated carbocycles. The Morgan fingerprint density at radius 2 is 1.92 bits per heavy atom. The number of amides is 1. The fourth-order valence-electron chi connectivity index (χ4n) is 4.50. The van der Waals surface area contributed by atoms with E-state index in [1.807, 2.05) is 12.1 Å². The van der Waals surface area contributed by atoms with Crippen molar-refractivity contribution in [2.24, 2.45) is 7.05 Å². The van der Waals surface area contributed by atoms with E-state index < -0.39 is 17.7 Å². The topological polar surface area (TPSA) is 69.6 Å². The zero-order valence-corrected chi connectivity index (χ0v) is 23.5. The number of aromatic nitrogens is 1. The first kappa shape index (κ1) is 30.8. The van der Waals surface area contributed by atoms with Crippen molar-refractivity contribution >= 4 is 46.5 Å². The Balaban J connectivity index is 1.82. The van der Waals surface area contributed by atoms with E-state index in [0.29, 0.717) is 65.3 Å². The van der Waals surface area contributed by atoms with Crippen molar-refractivity contribution in [3.05, 3.63) is 68.3 Å². The number of alkyl halides is 3. The van der Waals surface area contributed by atoms with Crippen LogP contribution in [0.4, 0.5) is 13.2 Å². The number of rotatable bonds is 13. The first-order valence-corrected chi connectivity index (χ1v) is 13.3. The maximum atomic E-state index is 13.4. The number of hydrogen-bond donors (Lipinski definition) is 1. The molecule has 0 aliphatic heterocycles. The van der Waals surface area contributed by atoms with Gasteiger partial charge >= 0.3 is 12.1 Å². The summed E-state index contributed by atoms with van der Waals surface area (Å²) in [5.74, 6) is -0.467. The smallest absolute Gasteiger partial charge is 0.416 e. The van der Waals surface area contributed by atoms with E-state index in [2.05, 4.69) is 5.32 Å². The normalized spacial score (nSPS) is 12.5. The Hall–Kier alpha value is -2.75. The lowest BCUT2D eigenvalue weighted by Gasteiger charge is -2.19. The molecule has 0 spiro atoms. The molecule has 1 aromatic heterocycles.